The number of carboxylic acids is 1. The van der Waals surface area contributed by atoms with E-state index in [1.807, 2.05) is 0 Å². The van der Waals surface area contributed by atoms with Gasteiger partial charge in [0.25, 0.3) is 0 Å². The van der Waals surface area contributed by atoms with Gasteiger partial charge in [0.05, 0.1) is 18.8 Å². The predicted molar refractivity (Wildman–Crippen MR) is 95.5 cm³/mol. The largest absolute Gasteiger partial charge is 0.477 e. The third kappa shape index (κ3) is 5.54. The first-order valence-corrected chi connectivity index (χ1v) is 10.0. The molecule has 1 aliphatic heterocycles. The van der Waals surface area contributed by atoms with Crippen molar-refractivity contribution in [3.05, 3.63) is 11.1 Å². The number of halogens is 4. The minimum absolute atomic E-state index is 0.0779. The highest BCUT2D eigenvalue weighted by molar-refractivity contribution is 7.17. The Morgan fingerprint density at radius 3 is 2.68 bits per heavy atom. The first-order valence-electron chi connectivity index (χ1n) is 9.19. The smallest absolute Gasteiger partial charge is 0.347 e. The monoisotopic (exact) mass is 425 g/mol. The van der Waals surface area contributed by atoms with Crippen LogP contribution in [0.1, 0.15) is 35.4 Å². The summed E-state index contributed by atoms with van der Waals surface area (Å²) in [5.74, 6) is -3.49. The molecule has 2 heterocycles. The topological polar surface area (TPSA) is 65.9 Å². The van der Waals surface area contributed by atoms with Crippen LogP contribution in [0.25, 0.3) is 0 Å². The van der Waals surface area contributed by atoms with Gasteiger partial charge in [-0.25, -0.2) is 18.6 Å². The lowest BCUT2D eigenvalue weighted by atomic mass is 9.86. The lowest BCUT2D eigenvalue weighted by Crippen LogP contribution is -2.56. The summed E-state index contributed by atoms with van der Waals surface area (Å²) in [4.78, 5) is 19.2. The maximum atomic E-state index is 13.3. The van der Waals surface area contributed by atoms with Gasteiger partial charge in [0.1, 0.15) is 4.88 Å². The first kappa shape index (κ1) is 21.3. The molecule has 2 aliphatic rings. The van der Waals surface area contributed by atoms with Gasteiger partial charge < -0.3 is 14.7 Å². The average Bonchev–Trinajstić information content (AvgIpc) is 3.12. The van der Waals surface area contributed by atoms with Crippen LogP contribution in [0.2, 0.25) is 0 Å². The molecule has 0 amide bonds. The summed E-state index contributed by atoms with van der Waals surface area (Å²) in [6.07, 6.45) is 1.96. The van der Waals surface area contributed by atoms with Gasteiger partial charge in [-0.05, 0) is 18.8 Å². The van der Waals surface area contributed by atoms with Crippen LogP contribution in [0.15, 0.2) is 6.20 Å². The number of hydrogen-bond acceptors (Lipinski definition) is 6. The lowest BCUT2D eigenvalue weighted by Gasteiger charge is -2.43. The van der Waals surface area contributed by atoms with Crippen LogP contribution < -0.4 is 4.90 Å². The minimum atomic E-state index is -2.90. The Bertz CT molecular complexity index is 666. The van der Waals surface area contributed by atoms with Gasteiger partial charge in [-0.2, -0.15) is 8.78 Å². The van der Waals surface area contributed by atoms with Crippen molar-refractivity contribution in [1.29, 1.82) is 0 Å². The molecule has 1 N–H and O–H groups in total. The number of hydrogen-bond donors (Lipinski definition) is 1. The molecule has 1 atom stereocenters. The number of ether oxygens (including phenoxy) is 1. The maximum absolute atomic E-state index is 13.3. The van der Waals surface area contributed by atoms with Crippen LogP contribution in [0.5, 0.6) is 0 Å². The molecule has 11 heteroatoms. The number of carbonyl (C=O) groups is 1. The van der Waals surface area contributed by atoms with Gasteiger partial charge in [-0.3, -0.25) is 4.90 Å². The van der Waals surface area contributed by atoms with Gasteiger partial charge in [0, 0.05) is 39.0 Å². The second-order valence-corrected chi connectivity index (χ2v) is 8.32. The molecule has 2 fully saturated rings. The van der Waals surface area contributed by atoms with Crippen LogP contribution in [-0.2, 0) is 4.74 Å². The number of alkyl halides is 4. The van der Waals surface area contributed by atoms with Crippen molar-refractivity contribution in [3.63, 3.8) is 0 Å². The van der Waals surface area contributed by atoms with Gasteiger partial charge in [-0.15, -0.1) is 0 Å². The summed E-state index contributed by atoms with van der Waals surface area (Å²) < 4.78 is 56.3. The van der Waals surface area contributed by atoms with E-state index in [1.165, 1.54) is 6.20 Å². The number of carboxylic acid groups (broad SMARTS) is 1. The van der Waals surface area contributed by atoms with Crippen LogP contribution in [0.4, 0.5) is 22.7 Å². The van der Waals surface area contributed by atoms with E-state index < -0.39 is 24.5 Å². The van der Waals surface area contributed by atoms with Gasteiger partial charge in [0.2, 0.25) is 5.92 Å². The third-order valence-electron chi connectivity index (χ3n) is 5.28. The average molecular weight is 425 g/mol. The van der Waals surface area contributed by atoms with Crippen molar-refractivity contribution in [3.8, 4) is 0 Å². The van der Waals surface area contributed by atoms with Crippen LogP contribution in [0.3, 0.4) is 0 Å². The number of aromatic nitrogens is 1. The zero-order valence-corrected chi connectivity index (χ0v) is 16.0. The van der Waals surface area contributed by atoms with E-state index in [0.29, 0.717) is 44.2 Å². The Morgan fingerprint density at radius 2 is 2.07 bits per heavy atom. The SMILES string of the molecule is O=C(O)c1cnc(N2CCN(CC3CCC(F)(F)CC3)CC2COC(F)F)s1. The summed E-state index contributed by atoms with van der Waals surface area (Å²) in [5.41, 5.74) is 0. The number of rotatable bonds is 7. The van der Waals surface area contributed by atoms with Crippen molar-refractivity contribution in [1.82, 2.24) is 9.88 Å². The highest BCUT2D eigenvalue weighted by atomic mass is 32.1. The van der Waals surface area contributed by atoms with E-state index >= 15 is 0 Å². The van der Waals surface area contributed by atoms with Gasteiger partial charge >= 0.3 is 12.6 Å². The second kappa shape index (κ2) is 8.91. The highest BCUT2D eigenvalue weighted by Gasteiger charge is 2.37. The fraction of sp³-hybridized carbons (Fsp3) is 0.765. The summed E-state index contributed by atoms with van der Waals surface area (Å²) in [5, 5.41) is 9.52. The van der Waals surface area contributed by atoms with E-state index in [1.54, 1.807) is 4.90 Å². The molecule has 1 saturated heterocycles. The fourth-order valence-corrected chi connectivity index (χ4v) is 4.66. The molecular weight excluding hydrogens is 402 g/mol. The quantitative estimate of drug-likeness (QED) is 0.676. The number of aromatic carboxylic acids is 1. The Labute approximate surface area is 164 Å². The molecule has 3 rings (SSSR count). The van der Waals surface area contributed by atoms with Crippen LogP contribution in [-0.4, -0.2) is 72.3 Å². The van der Waals surface area contributed by atoms with E-state index in [4.69, 9.17) is 5.11 Å². The molecule has 1 unspecified atom stereocenters. The molecule has 1 aromatic heterocycles. The van der Waals surface area contributed by atoms with Crippen molar-refractivity contribution in [2.24, 2.45) is 5.92 Å². The molecule has 0 radical (unpaired) electrons. The van der Waals surface area contributed by atoms with Crippen molar-refractivity contribution in [2.45, 2.75) is 44.3 Å². The maximum Gasteiger partial charge on any atom is 0.347 e. The number of anilines is 1. The molecular formula is C17H23F4N3O3S. The van der Waals surface area contributed by atoms with E-state index in [-0.39, 0.29) is 30.2 Å². The minimum Gasteiger partial charge on any atom is -0.477 e. The normalized spacial score (nSPS) is 24.0. The standard InChI is InChI=1S/C17H23F4N3O3S/c18-15(19)27-10-12-9-23(8-11-1-3-17(20,21)4-2-11)5-6-24(12)16-22-7-13(28-16)14(25)26/h7,11-12,15H,1-6,8-10H2,(H,25,26). The van der Waals surface area contributed by atoms with Crippen molar-refractivity contribution >= 4 is 22.4 Å². The summed E-state index contributed by atoms with van der Waals surface area (Å²) >= 11 is 0.993. The molecule has 1 saturated carbocycles. The number of thiazole rings is 1. The van der Waals surface area contributed by atoms with Crippen LogP contribution >= 0.6 is 11.3 Å². The van der Waals surface area contributed by atoms with Crippen molar-refractivity contribution < 1.29 is 32.2 Å². The van der Waals surface area contributed by atoms with Gasteiger partial charge in [-0.1, -0.05) is 11.3 Å². The zero-order chi connectivity index (χ0) is 20.3. The lowest BCUT2D eigenvalue weighted by molar-refractivity contribution is -0.134. The Morgan fingerprint density at radius 1 is 1.36 bits per heavy atom. The number of nitrogens with zero attached hydrogens (tertiary/aromatic N) is 3. The summed E-state index contributed by atoms with van der Waals surface area (Å²) in [6.45, 7) is -0.940. The Kier molecular flexibility index (Phi) is 6.77. The molecule has 0 spiro atoms. The van der Waals surface area contributed by atoms with Gasteiger partial charge in [0.15, 0.2) is 5.13 Å². The predicted octanol–water partition coefficient (Wildman–Crippen LogP) is 3.40. The molecule has 0 bridgehead atoms. The molecule has 1 aromatic rings. The van der Waals surface area contributed by atoms with E-state index in [0.717, 1.165) is 11.3 Å². The summed E-state index contributed by atoms with van der Waals surface area (Å²) in [7, 11) is 0. The Hall–Kier alpha value is -1.46. The van der Waals surface area contributed by atoms with E-state index in [9.17, 15) is 22.4 Å². The summed E-state index contributed by atoms with van der Waals surface area (Å²) in [6, 6.07) is -0.416. The molecule has 1 aliphatic carbocycles. The highest BCUT2D eigenvalue weighted by Crippen LogP contribution is 2.37. The molecule has 0 aromatic carbocycles. The van der Waals surface area contributed by atoms with Crippen molar-refractivity contribution in [2.75, 3.05) is 37.7 Å². The number of piperazine rings is 1. The third-order valence-corrected chi connectivity index (χ3v) is 6.31. The molecule has 158 valence electrons. The molecule has 6 nitrogen and oxygen atoms in total. The fourth-order valence-electron chi connectivity index (χ4n) is 3.81. The zero-order valence-electron chi connectivity index (χ0n) is 15.2. The second-order valence-electron chi connectivity index (χ2n) is 7.31. The van der Waals surface area contributed by atoms with Crippen LogP contribution in [0, 0.1) is 5.92 Å². The van der Waals surface area contributed by atoms with E-state index in [2.05, 4.69) is 14.6 Å². The first-order chi connectivity index (χ1) is 13.2. The Balaban J connectivity index is 1.62. The molecule has 28 heavy (non-hydrogen) atoms.